The van der Waals surface area contributed by atoms with Gasteiger partial charge in [0.2, 0.25) is 0 Å². The number of likely N-dealkylation sites (tertiary alicyclic amines) is 1. The number of ether oxygens (including phenoxy) is 1. The fourth-order valence-corrected chi connectivity index (χ4v) is 4.65. The Kier molecular flexibility index (Phi) is 6.57. The number of hydrogen-bond acceptors (Lipinski definition) is 3. The Morgan fingerprint density at radius 2 is 2.19 bits per heavy atom. The minimum atomic E-state index is 0.374. The molecule has 0 bridgehead atoms. The second-order valence-electron chi connectivity index (χ2n) is 8.14. The van der Waals surface area contributed by atoms with Crippen molar-refractivity contribution >= 4 is 5.96 Å². The molecule has 3 rings (SSSR count). The molecule has 6 nitrogen and oxygen atoms in total. The maximum Gasteiger partial charge on any atom is 0.193 e. The van der Waals surface area contributed by atoms with Crippen LogP contribution in [0.3, 0.4) is 0 Å². The quantitative estimate of drug-likeness (QED) is 0.625. The molecule has 0 aromatic carbocycles. The second-order valence-corrected chi connectivity index (χ2v) is 8.14. The number of aliphatic imine (C=N–C) groups is 1. The molecule has 1 aromatic rings. The van der Waals surface area contributed by atoms with Crippen LogP contribution < -0.4 is 5.32 Å². The monoisotopic (exact) mass is 361 g/mol. The Morgan fingerprint density at radius 3 is 2.85 bits per heavy atom. The van der Waals surface area contributed by atoms with E-state index in [0.29, 0.717) is 17.4 Å². The van der Waals surface area contributed by atoms with Crippen LogP contribution in [0.25, 0.3) is 0 Å². The van der Waals surface area contributed by atoms with Gasteiger partial charge in [0.05, 0.1) is 12.4 Å². The summed E-state index contributed by atoms with van der Waals surface area (Å²) in [6.07, 6.45) is 13.5. The van der Waals surface area contributed by atoms with Crippen molar-refractivity contribution in [3.63, 3.8) is 0 Å². The molecule has 0 amide bonds. The minimum absolute atomic E-state index is 0.374. The molecule has 1 saturated carbocycles. The standard InChI is InChI=1S/C20H35N5O/c1-17-6-11-24(14-18(17)25-12-10-22-16-25)19(21-2)23-15-20(9-13-26-3)7-4-5-8-20/h10,12,16-18H,4-9,11,13-15H2,1-3H3,(H,21,23). The molecule has 26 heavy (non-hydrogen) atoms. The van der Waals surface area contributed by atoms with Gasteiger partial charge < -0.3 is 19.5 Å². The third kappa shape index (κ3) is 4.40. The molecule has 2 aliphatic rings. The summed E-state index contributed by atoms with van der Waals surface area (Å²) >= 11 is 0. The van der Waals surface area contributed by atoms with E-state index in [2.05, 4.69) is 37.9 Å². The molecule has 2 atom stereocenters. The number of piperidine rings is 1. The van der Waals surface area contributed by atoms with E-state index in [1.54, 1.807) is 7.11 Å². The molecule has 0 spiro atoms. The highest BCUT2D eigenvalue weighted by atomic mass is 16.5. The summed E-state index contributed by atoms with van der Waals surface area (Å²) in [6, 6.07) is 0.457. The predicted octanol–water partition coefficient (Wildman–Crippen LogP) is 2.94. The van der Waals surface area contributed by atoms with Crippen LogP contribution in [0.5, 0.6) is 0 Å². The summed E-state index contributed by atoms with van der Waals surface area (Å²) in [5, 5.41) is 3.71. The first-order valence-electron chi connectivity index (χ1n) is 10.1. The summed E-state index contributed by atoms with van der Waals surface area (Å²) in [5.41, 5.74) is 0.374. The number of nitrogens with zero attached hydrogens (tertiary/aromatic N) is 4. The van der Waals surface area contributed by atoms with Crippen LogP contribution in [0.4, 0.5) is 0 Å². The van der Waals surface area contributed by atoms with Crippen molar-refractivity contribution in [2.75, 3.05) is 40.4 Å². The normalized spacial score (nSPS) is 26.3. The SMILES string of the molecule is CN=C(NCC1(CCOC)CCCC1)N1CCC(C)C(n2ccnc2)C1. The molecule has 0 radical (unpaired) electrons. The molecule has 146 valence electrons. The Balaban J connectivity index is 1.61. The second kappa shape index (κ2) is 8.89. The molecule has 1 aliphatic heterocycles. The van der Waals surface area contributed by atoms with Gasteiger partial charge in [-0.2, -0.15) is 0 Å². The first-order valence-corrected chi connectivity index (χ1v) is 10.1. The molecular weight excluding hydrogens is 326 g/mol. The van der Waals surface area contributed by atoms with Crippen LogP contribution >= 0.6 is 0 Å². The summed E-state index contributed by atoms with van der Waals surface area (Å²) < 4.78 is 7.62. The largest absolute Gasteiger partial charge is 0.385 e. The molecule has 2 fully saturated rings. The topological polar surface area (TPSA) is 54.7 Å². The Bertz CT molecular complexity index is 565. The zero-order valence-electron chi connectivity index (χ0n) is 16.7. The maximum absolute atomic E-state index is 5.37. The van der Waals surface area contributed by atoms with Crippen molar-refractivity contribution in [1.29, 1.82) is 0 Å². The van der Waals surface area contributed by atoms with Gasteiger partial charge in [-0.05, 0) is 37.0 Å². The van der Waals surface area contributed by atoms with Crippen LogP contribution in [0.1, 0.15) is 51.5 Å². The molecular formula is C20H35N5O. The Morgan fingerprint density at radius 1 is 1.38 bits per heavy atom. The van der Waals surface area contributed by atoms with E-state index in [0.717, 1.165) is 38.6 Å². The summed E-state index contributed by atoms with van der Waals surface area (Å²) in [5.74, 6) is 1.70. The van der Waals surface area contributed by atoms with Gasteiger partial charge >= 0.3 is 0 Å². The number of nitrogens with one attached hydrogen (secondary N) is 1. The number of rotatable bonds is 6. The van der Waals surface area contributed by atoms with E-state index in [1.165, 1.54) is 32.1 Å². The molecule has 2 unspecified atom stereocenters. The first kappa shape index (κ1) is 19.2. The van der Waals surface area contributed by atoms with Crippen LogP contribution in [-0.2, 0) is 4.74 Å². The van der Waals surface area contributed by atoms with Crippen LogP contribution in [0, 0.1) is 11.3 Å². The first-order chi connectivity index (χ1) is 12.7. The van der Waals surface area contributed by atoms with Gasteiger partial charge in [0.25, 0.3) is 0 Å². The van der Waals surface area contributed by atoms with Crippen LogP contribution in [-0.4, -0.2) is 60.8 Å². The van der Waals surface area contributed by atoms with Crippen molar-refractivity contribution < 1.29 is 4.74 Å². The van der Waals surface area contributed by atoms with Crippen molar-refractivity contribution in [3.8, 4) is 0 Å². The number of methoxy groups -OCH3 is 1. The van der Waals surface area contributed by atoms with Gasteiger partial charge in [-0.1, -0.05) is 19.8 Å². The predicted molar refractivity (Wildman–Crippen MR) is 105 cm³/mol. The number of imidazole rings is 1. The average Bonchev–Trinajstić information content (AvgIpc) is 3.34. The summed E-state index contributed by atoms with van der Waals surface area (Å²) in [6.45, 7) is 6.25. The summed E-state index contributed by atoms with van der Waals surface area (Å²) in [7, 11) is 3.71. The lowest BCUT2D eigenvalue weighted by Gasteiger charge is -2.40. The van der Waals surface area contributed by atoms with Gasteiger partial charge in [0.15, 0.2) is 5.96 Å². The molecule has 1 aromatic heterocycles. The van der Waals surface area contributed by atoms with E-state index >= 15 is 0 Å². The summed E-state index contributed by atoms with van der Waals surface area (Å²) in [4.78, 5) is 11.3. The van der Waals surface area contributed by atoms with Gasteiger partial charge in [0, 0.05) is 52.8 Å². The van der Waals surface area contributed by atoms with E-state index in [-0.39, 0.29) is 0 Å². The van der Waals surface area contributed by atoms with Crippen molar-refractivity contribution in [3.05, 3.63) is 18.7 Å². The number of hydrogen-bond donors (Lipinski definition) is 1. The lowest BCUT2D eigenvalue weighted by Crippen LogP contribution is -2.51. The van der Waals surface area contributed by atoms with E-state index in [9.17, 15) is 0 Å². The zero-order valence-corrected chi connectivity index (χ0v) is 16.7. The van der Waals surface area contributed by atoms with Crippen molar-refractivity contribution in [2.24, 2.45) is 16.3 Å². The minimum Gasteiger partial charge on any atom is -0.385 e. The highest BCUT2D eigenvalue weighted by Gasteiger charge is 2.35. The smallest absolute Gasteiger partial charge is 0.193 e. The van der Waals surface area contributed by atoms with Gasteiger partial charge in [-0.15, -0.1) is 0 Å². The fraction of sp³-hybridized carbons (Fsp3) is 0.800. The molecule has 1 aliphatic carbocycles. The Hall–Kier alpha value is -1.56. The fourth-order valence-electron chi connectivity index (χ4n) is 4.65. The van der Waals surface area contributed by atoms with E-state index < -0.39 is 0 Å². The third-order valence-electron chi connectivity index (χ3n) is 6.46. The van der Waals surface area contributed by atoms with Gasteiger partial charge in [-0.3, -0.25) is 4.99 Å². The Labute approximate surface area is 158 Å². The molecule has 2 heterocycles. The van der Waals surface area contributed by atoms with Crippen molar-refractivity contribution in [1.82, 2.24) is 19.8 Å². The average molecular weight is 362 g/mol. The van der Waals surface area contributed by atoms with E-state index in [1.807, 2.05) is 19.6 Å². The molecule has 1 N–H and O–H groups in total. The highest BCUT2D eigenvalue weighted by molar-refractivity contribution is 5.80. The van der Waals surface area contributed by atoms with Crippen LogP contribution in [0.15, 0.2) is 23.7 Å². The van der Waals surface area contributed by atoms with Gasteiger partial charge in [0.1, 0.15) is 0 Å². The lowest BCUT2D eigenvalue weighted by atomic mass is 9.83. The van der Waals surface area contributed by atoms with Gasteiger partial charge in [-0.25, -0.2) is 4.98 Å². The van der Waals surface area contributed by atoms with Crippen molar-refractivity contribution in [2.45, 2.75) is 51.5 Å². The van der Waals surface area contributed by atoms with E-state index in [4.69, 9.17) is 4.74 Å². The van der Waals surface area contributed by atoms with Crippen LogP contribution in [0.2, 0.25) is 0 Å². The molecule has 1 saturated heterocycles. The maximum atomic E-state index is 5.37. The molecule has 6 heteroatoms. The highest BCUT2D eigenvalue weighted by Crippen LogP contribution is 2.40. The number of aromatic nitrogens is 2. The lowest BCUT2D eigenvalue weighted by molar-refractivity contribution is 0.136. The third-order valence-corrected chi connectivity index (χ3v) is 6.46. The number of guanidine groups is 1. The zero-order chi connectivity index (χ0) is 18.4.